The number of hydrogen-bond acceptors (Lipinski definition) is 2. The second-order valence-corrected chi connectivity index (χ2v) is 5.33. The fraction of sp³-hybridized carbons (Fsp3) is 0.417. The predicted molar refractivity (Wildman–Crippen MR) is 66.5 cm³/mol. The number of likely N-dealkylation sites (N-methyl/N-ethyl adjacent to an activating group) is 1. The van der Waals surface area contributed by atoms with Crippen molar-refractivity contribution in [3.05, 3.63) is 28.7 Å². The molecular formula is C12H13BrN2O. The lowest BCUT2D eigenvalue weighted by atomic mass is 9.87. The lowest BCUT2D eigenvalue weighted by Crippen LogP contribution is -2.70. The Labute approximate surface area is 103 Å². The van der Waals surface area contributed by atoms with Gasteiger partial charge in [-0.15, -0.1) is 0 Å². The Morgan fingerprint density at radius 3 is 2.75 bits per heavy atom. The SMILES string of the molecule is CN1C2CC1C(=O)N(c1ccccc1Br)C2. The summed E-state index contributed by atoms with van der Waals surface area (Å²) in [6.45, 7) is 0.814. The quantitative estimate of drug-likeness (QED) is 0.784. The van der Waals surface area contributed by atoms with Crippen LogP contribution in [0.3, 0.4) is 0 Å². The number of piperidine rings is 1. The van der Waals surface area contributed by atoms with E-state index in [1.54, 1.807) is 0 Å². The topological polar surface area (TPSA) is 23.6 Å². The highest BCUT2D eigenvalue weighted by molar-refractivity contribution is 9.10. The van der Waals surface area contributed by atoms with Gasteiger partial charge < -0.3 is 4.90 Å². The molecule has 3 nitrogen and oxygen atoms in total. The van der Waals surface area contributed by atoms with Gasteiger partial charge in [0.05, 0.1) is 11.7 Å². The van der Waals surface area contributed by atoms with Crippen molar-refractivity contribution >= 4 is 27.5 Å². The van der Waals surface area contributed by atoms with Gasteiger partial charge in [-0.1, -0.05) is 12.1 Å². The van der Waals surface area contributed by atoms with Gasteiger partial charge in [-0.2, -0.15) is 0 Å². The van der Waals surface area contributed by atoms with Crippen LogP contribution in [0.2, 0.25) is 0 Å². The van der Waals surface area contributed by atoms with Crippen LogP contribution in [0.25, 0.3) is 0 Å². The van der Waals surface area contributed by atoms with E-state index in [1.165, 1.54) is 0 Å². The van der Waals surface area contributed by atoms with Crippen molar-refractivity contribution in [1.82, 2.24) is 4.90 Å². The van der Waals surface area contributed by atoms with Crippen molar-refractivity contribution in [3.8, 4) is 0 Å². The molecule has 0 saturated carbocycles. The number of rotatable bonds is 1. The van der Waals surface area contributed by atoms with Crippen LogP contribution in [0.4, 0.5) is 5.69 Å². The molecule has 2 unspecified atom stereocenters. The first-order valence-corrected chi connectivity index (χ1v) is 6.25. The molecule has 16 heavy (non-hydrogen) atoms. The zero-order chi connectivity index (χ0) is 11.3. The Morgan fingerprint density at radius 2 is 2.12 bits per heavy atom. The Bertz CT molecular complexity index is 448. The Kier molecular flexibility index (Phi) is 2.30. The molecule has 3 fully saturated rings. The number of benzene rings is 1. The zero-order valence-electron chi connectivity index (χ0n) is 9.06. The molecule has 3 aliphatic rings. The lowest BCUT2D eigenvalue weighted by molar-refractivity contribution is -0.135. The standard InChI is InChI=1S/C12H13BrN2O/c1-14-8-6-11(14)12(16)15(7-8)10-5-3-2-4-9(10)13/h2-5,8,11H,6-7H2,1H3. The zero-order valence-corrected chi connectivity index (χ0v) is 10.6. The van der Waals surface area contributed by atoms with E-state index < -0.39 is 0 Å². The molecule has 0 spiro atoms. The molecule has 2 bridgehead atoms. The molecular weight excluding hydrogens is 268 g/mol. The largest absolute Gasteiger partial charge is 0.308 e. The number of para-hydroxylation sites is 1. The molecule has 3 heterocycles. The monoisotopic (exact) mass is 280 g/mol. The highest BCUT2D eigenvalue weighted by Gasteiger charge is 2.48. The normalized spacial score (nSPS) is 29.1. The summed E-state index contributed by atoms with van der Waals surface area (Å²) in [5, 5.41) is 0. The second kappa shape index (κ2) is 3.57. The molecule has 1 amide bonds. The molecule has 1 aromatic carbocycles. The number of anilines is 1. The Morgan fingerprint density at radius 1 is 1.38 bits per heavy atom. The van der Waals surface area contributed by atoms with Gasteiger partial charge >= 0.3 is 0 Å². The smallest absolute Gasteiger partial charge is 0.244 e. The highest BCUT2D eigenvalue weighted by atomic mass is 79.9. The Balaban J connectivity index is 1.93. The number of nitrogens with zero attached hydrogens (tertiary/aromatic N) is 2. The fourth-order valence-corrected chi connectivity index (χ4v) is 3.05. The number of amides is 1. The van der Waals surface area contributed by atoms with E-state index in [0.29, 0.717) is 6.04 Å². The van der Waals surface area contributed by atoms with Gasteiger partial charge in [-0.25, -0.2) is 0 Å². The van der Waals surface area contributed by atoms with Crippen LogP contribution in [0, 0.1) is 0 Å². The molecule has 0 radical (unpaired) electrons. The highest BCUT2D eigenvalue weighted by Crippen LogP contribution is 2.36. The third-order valence-corrected chi connectivity index (χ3v) is 4.32. The van der Waals surface area contributed by atoms with Crippen LogP contribution in [0.15, 0.2) is 28.7 Å². The van der Waals surface area contributed by atoms with Gasteiger partial charge in [0.2, 0.25) is 5.91 Å². The van der Waals surface area contributed by atoms with E-state index in [9.17, 15) is 4.79 Å². The summed E-state index contributed by atoms with van der Waals surface area (Å²) in [7, 11) is 2.04. The molecule has 0 aromatic heterocycles. The van der Waals surface area contributed by atoms with Gasteiger partial charge in [0, 0.05) is 17.1 Å². The minimum atomic E-state index is 0.103. The maximum atomic E-state index is 12.2. The number of piperazine rings is 1. The van der Waals surface area contributed by atoms with Crippen LogP contribution in [-0.4, -0.2) is 36.5 Å². The van der Waals surface area contributed by atoms with Gasteiger partial charge in [-0.05, 0) is 41.5 Å². The summed E-state index contributed by atoms with van der Waals surface area (Å²) in [6, 6.07) is 8.55. The molecule has 2 atom stereocenters. The average Bonchev–Trinajstić information content (AvgIpc) is 2.29. The summed E-state index contributed by atoms with van der Waals surface area (Å²) in [6.07, 6.45) is 1.02. The van der Waals surface area contributed by atoms with E-state index in [-0.39, 0.29) is 11.9 Å². The third-order valence-electron chi connectivity index (χ3n) is 3.65. The van der Waals surface area contributed by atoms with E-state index in [0.717, 1.165) is 23.1 Å². The van der Waals surface area contributed by atoms with Crippen molar-refractivity contribution < 1.29 is 4.79 Å². The number of fused-ring (bicyclic) bond motifs is 2. The van der Waals surface area contributed by atoms with Gasteiger partial charge in [-0.3, -0.25) is 9.69 Å². The molecule has 0 aliphatic carbocycles. The summed E-state index contributed by atoms with van der Waals surface area (Å²) in [5.74, 6) is 0.233. The van der Waals surface area contributed by atoms with Crippen LogP contribution in [0.5, 0.6) is 0 Å². The van der Waals surface area contributed by atoms with E-state index >= 15 is 0 Å². The third kappa shape index (κ3) is 1.33. The van der Waals surface area contributed by atoms with Crippen molar-refractivity contribution in [2.75, 3.05) is 18.5 Å². The minimum absolute atomic E-state index is 0.103. The van der Waals surface area contributed by atoms with Gasteiger partial charge in [0.15, 0.2) is 0 Å². The number of hydrogen-bond donors (Lipinski definition) is 0. The first-order chi connectivity index (χ1) is 7.68. The summed E-state index contributed by atoms with van der Waals surface area (Å²) in [5.41, 5.74) is 0.996. The number of carbonyl (C=O) groups excluding carboxylic acids is 1. The number of halogens is 1. The van der Waals surface area contributed by atoms with Crippen molar-refractivity contribution in [2.45, 2.75) is 18.5 Å². The number of carbonyl (C=O) groups is 1. The van der Waals surface area contributed by atoms with Crippen molar-refractivity contribution in [1.29, 1.82) is 0 Å². The van der Waals surface area contributed by atoms with Crippen LogP contribution in [-0.2, 0) is 4.79 Å². The molecule has 4 heteroatoms. The summed E-state index contributed by atoms with van der Waals surface area (Å²) in [4.78, 5) is 16.3. The van der Waals surface area contributed by atoms with Crippen molar-refractivity contribution in [2.24, 2.45) is 0 Å². The molecule has 1 aromatic rings. The predicted octanol–water partition coefficient (Wildman–Crippen LogP) is 1.87. The minimum Gasteiger partial charge on any atom is -0.308 e. The van der Waals surface area contributed by atoms with E-state index in [1.807, 2.05) is 36.2 Å². The molecule has 3 saturated heterocycles. The summed E-state index contributed by atoms with van der Waals surface area (Å²) >= 11 is 3.50. The maximum Gasteiger partial charge on any atom is 0.244 e. The maximum absolute atomic E-state index is 12.2. The van der Waals surface area contributed by atoms with Crippen LogP contribution in [0.1, 0.15) is 6.42 Å². The summed E-state index contributed by atoms with van der Waals surface area (Å²) < 4.78 is 0.993. The molecule has 4 rings (SSSR count). The molecule has 0 N–H and O–H groups in total. The molecule has 3 aliphatic heterocycles. The van der Waals surface area contributed by atoms with Crippen LogP contribution >= 0.6 is 15.9 Å². The van der Waals surface area contributed by atoms with Gasteiger partial charge in [0.1, 0.15) is 0 Å². The fourth-order valence-electron chi connectivity index (χ4n) is 2.55. The lowest BCUT2D eigenvalue weighted by Gasteiger charge is -2.53. The second-order valence-electron chi connectivity index (χ2n) is 4.47. The Hall–Kier alpha value is -0.870. The van der Waals surface area contributed by atoms with E-state index in [4.69, 9.17) is 0 Å². The first-order valence-electron chi connectivity index (χ1n) is 5.46. The molecule has 84 valence electrons. The van der Waals surface area contributed by atoms with Crippen LogP contribution < -0.4 is 4.90 Å². The van der Waals surface area contributed by atoms with E-state index in [2.05, 4.69) is 20.8 Å². The van der Waals surface area contributed by atoms with Crippen molar-refractivity contribution in [3.63, 3.8) is 0 Å². The first kappa shape index (κ1) is 10.3. The average molecular weight is 281 g/mol. The van der Waals surface area contributed by atoms with Gasteiger partial charge in [0.25, 0.3) is 0 Å².